The van der Waals surface area contributed by atoms with E-state index in [4.69, 9.17) is 4.74 Å². The molecule has 0 radical (unpaired) electrons. The van der Waals surface area contributed by atoms with Gasteiger partial charge in [-0.15, -0.1) is 0 Å². The molecule has 0 aliphatic carbocycles. The fourth-order valence-corrected chi connectivity index (χ4v) is 2.10. The van der Waals surface area contributed by atoms with Crippen molar-refractivity contribution in [1.29, 1.82) is 0 Å². The summed E-state index contributed by atoms with van der Waals surface area (Å²) in [5.74, 6) is 0.745. The molecule has 0 saturated carbocycles. The third kappa shape index (κ3) is 3.15. The summed E-state index contributed by atoms with van der Waals surface area (Å²) in [6.45, 7) is 6.09. The molecule has 0 saturated heterocycles. The Bertz CT molecular complexity index is 539. The maximum absolute atomic E-state index is 10.3. The minimum absolute atomic E-state index is 0.591. The van der Waals surface area contributed by atoms with Gasteiger partial charge < -0.3 is 9.84 Å². The quantitative estimate of drug-likeness (QED) is 0.896. The minimum atomic E-state index is -0.921. The standard InChI is InChI=1S/C17H20O2/c1-4-19-16-11-10-14(12-15(16)17(2,3)18)13-8-6-5-7-9-13/h5-12,18H,4H2,1-3H3. The van der Waals surface area contributed by atoms with Crippen LogP contribution in [-0.4, -0.2) is 11.7 Å². The predicted octanol–water partition coefficient (Wildman–Crippen LogP) is 3.98. The van der Waals surface area contributed by atoms with Gasteiger partial charge in [-0.3, -0.25) is 0 Å². The Labute approximate surface area is 114 Å². The van der Waals surface area contributed by atoms with E-state index in [2.05, 4.69) is 12.1 Å². The highest BCUT2D eigenvalue weighted by Gasteiger charge is 2.21. The van der Waals surface area contributed by atoms with Crippen LogP contribution in [0, 0.1) is 0 Å². The summed E-state index contributed by atoms with van der Waals surface area (Å²) in [6.07, 6.45) is 0. The largest absolute Gasteiger partial charge is 0.493 e. The fourth-order valence-electron chi connectivity index (χ4n) is 2.10. The van der Waals surface area contributed by atoms with Gasteiger partial charge >= 0.3 is 0 Å². The highest BCUT2D eigenvalue weighted by molar-refractivity contribution is 5.66. The number of hydrogen-bond donors (Lipinski definition) is 1. The molecule has 0 unspecified atom stereocenters. The monoisotopic (exact) mass is 256 g/mol. The van der Waals surface area contributed by atoms with Crippen molar-refractivity contribution in [3.63, 3.8) is 0 Å². The molecule has 0 bridgehead atoms. The van der Waals surface area contributed by atoms with Crippen LogP contribution in [0.2, 0.25) is 0 Å². The predicted molar refractivity (Wildman–Crippen MR) is 78.3 cm³/mol. The van der Waals surface area contributed by atoms with Crippen LogP contribution < -0.4 is 4.74 Å². The van der Waals surface area contributed by atoms with Crippen LogP contribution >= 0.6 is 0 Å². The Kier molecular flexibility index (Phi) is 3.91. The highest BCUT2D eigenvalue weighted by Crippen LogP contribution is 2.33. The van der Waals surface area contributed by atoms with Crippen molar-refractivity contribution in [2.24, 2.45) is 0 Å². The smallest absolute Gasteiger partial charge is 0.125 e. The van der Waals surface area contributed by atoms with E-state index < -0.39 is 5.60 Å². The van der Waals surface area contributed by atoms with E-state index in [9.17, 15) is 5.11 Å². The lowest BCUT2D eigenvalue weighted by atomic mass is 9.93. The lowest BCUT2D eigenvalue weighted by molar-refractivity contribution is 0.0750. The van der Waals surface area contributed by atoms with E-state index in [1.165, 1.54) is 0 Å². The summed E-state index contributed by atoms with van der Waals surface area (Å²) < 4.78 is 5.59. The maximum atomic E-state index is 10.3. The Morgan fingerprint density at radius 1 is 1.00 bits per heavy atom. The van der Waals surface area contributed by atoms with Crippen LogP contribution in [0.4, 0.5) is 0 Å². The molecular formula is C17H20O2. The average Bonchev–Trinajstić information content (AvgIpc) is 2.39. The summed E-state index contributed by atoms with van der Waals surface area (Å²) >= 11 is 0. The molecule has 0 heterocycles. The zero-order chi connectivity index (χ0) is 13.9. The van der Waals surface area contributed by atoms with Crippen molar-refractivity contribution < 1.29 is 9.84 Å². The van der Waals surface area contributed by atoms with Gasteiger partial charge in [-0.2, -0.15) is 0 Å². The van der Waals surface area contributed by atoms with Crippen molar-refractivity contribution in [2.45, 2.75) is 26.4 Å². The van der Waals surface area contributed by atoms with Crippen LogP contribution in [0.15, 0.2) is 48.5 Å². The van der Waals surface area contributed by atoms with Crippen molar-refractivity contribution in [3.8, 4) is 16.9 Å². The van der Waals surface area contributed by atoms with E-state index in [1.807, 2.05) is 43.3 Å². The van der Waals surface area contributed by atoms with Gasteiger partial charge in [-0.1, -0.05) is 36.4 Å². The van der Waals surface area contributed by atoms with Crippen molar-refractivity contribution >= 4 is 0 Å². The molecule has 0 atom stereocenters. The van der Waals surface area contributed by atoms with Crippen molar-refractivity contribution in [1.82, 2.24) is 0 Å². The second kappa shape index (κ2) is 5.45. The van der Waals surface area contributed by atoms with Crippen molar-refractivity contribution in [3.05, 3.63) is 54.1 Å². The first-order valence-electron chi connectivity index (χ1n) is 6.57. The number of hydrogen-bond acceptors (Lipinski definition) is 2. The molecule has 2 rings (SSSR count). The number of aliphatic hydroxyl groups is 1. The molecule has 2 nitrogen and oxygen atoms in total. The number of rotatable bonds is 4. The molecule has 0 aliphatic rings. The lowest BCUT2D eigenvalue weighted by Gasteiger charge is -2.22. The zero-order valence-corrected chi connectivity index (χ0v) is 11.7. The Morgan fingerprint density at radius 3 is 2.26 bits per heavy atom. The summed E-state index contributed by atoms with van der Waals surface area (Å²) in [6, 6.07) is 16.1. The highest BCUT2D eigenvalue weighted by atomic mass is 16.5. The molecule has 1 N–H and O–H groups in total. The average molecular weight is 256 g/mol. The summed E-state index contributed by atoms with van der Waals surface area (Å²) in [5.41, 5.74) is 2.11. The molecule has 0 aromatic heterocycles. The minimum Gasteiger partial charge on any atom is -0.493 e. The molecule has 0 amide bonds. The van der Waals surface area contributed by atoms with Crippen LogP contribution in [0.25, 0.3) is 11.1 Å². The van der Waals surface area contributed by atoms with Crippen LogP contribution in [0.1, 0.15) is 26.3 Å². The third-order valence-corrected chi connectivity index (χ3v) is 3.05. The molecule has 100 valence electrons. The Hall–Kier alpha value is -1.80. The molecule has 2 aromatic rings. The van der Waals surface area contributed by atoms with Gasteiger partial charge in [0.05, 0.1) is 12.2 Å². The normalized spacial score (nSPS) is 11.4. The van der Waals surface area contributed by atoms with Gasteiger partial charge in [0.2, 0.25) is 0 Å². The van der Waals surface area contributed by atoms with E-state index in [1.54, 1.807) is 13.8 Å². The van der Waals surface area contributed by atoms with Gasteiger partial charge in [-0.05, 0) is 44.0 Å². The Morgan fingerprint density at radius 2 is 1.68 bits per heavy atom. The molecule has 19 heavy (non-hydrogen) atoms. The lowest BCUT2D eigenvalue weighted by Crippen LogP contribution is -2.17. The summed E-state index contributed by atoms with van der Waals surface area (Å²) in [5, 5.41) is 10.3. The second-order valence-corrected chi connectivity index (χ2v) is 5.07. The van der Waals surface area contributed by atoms with Gasteiger partial charge in [-0.25, -0.2) is 0 Å². The van der Waals surface area contributed by atoms with Crippen LogP contribution in [0.5, 0.6) is 5.75 Å². The van der Waals surface area contributed by atoms with E-state index in [0.29, 0.717) is 6.61 Å². The summed E-state index contributed by atoms with van der Waals surface area (Å²) in [7, 11) is 0. The zero-order valence-electron chi connectivity index (χ0n) is 11.7. The van der Waals surface area contributed by atoms with Gasteiger partial charge in [0, 0.05) is 5.56 Å². The van der Waals surface area contributed by atoms with E-state index in [-0.39, 0.29) is 0 Å². The number of benzene rings is 2. The van der Waals surface area contributed by atoms with Crippen LogP contribution in [-0.2, 0) is 5.60 Å². The van der Waals surface area contributed by atoms with E-state index in [0.717, 1.165) is 22.4 Å². The molecule has 0 aliphatic heterocycles. The second-order valence-electron chi connectivity index (χ2n) is 5.07. The fraction of sp³-hybridized carbons (Fsp3) is 0.294. The van der Waals surface area contributed by atoms with E-state index >= 15 is 0 Å². The molecule has 0 fully saturated rings. The Balaban J connectivity index is 2.50. The third-order valence-electron chi connectivity index (χ3n) is 3.05. The SMILES string of the molecule is CCOc1ccc(-c2ccccc2)cc1C(C)(C)O. The first kappa shape index (κ1) is 13.6. The molecule has 2 heteroatoms. The van der Waals surface area contributed by atoms with Gasteiger partial charge in [0.25, 0.3) is 0 Å². The first-order valence-corrected chi connectivity index (χ1v) is 6.57. The van der Waals surface area contributed by atoms with Crippen molar-refractivity contribution in [2.75, 3.05) is 6.61 Å². The van der Waals surface area contributed by atoms with Gasteiger partial charge in [0.15, 0.2) is 0 Å². The number of ether oxygens (including phenoxy) is 1. The van der Waals surface area contributed by atoms with Crippen LogP contribution in [0.3, 0.4) is 0 Å². The van der Waals surface area contributed by atoms with Gasteiger partial charge in [0.1, 0.15) is 5.75 Å². The maximum Gasteiger partial charge on any atom is 0.125 e. The topological polar surface area (TPSA) is 29.5 Å². The molecule has 0 spiro atoms. The summed E-state index contributed by atoms with van der Waals surface area (Å²) in [4.78, 5) is 0. The molecular weight excluding hydrogens is 236 g/mol. The molecule has 2 aromatic carbocycles. The first-order chi connectivity index (χ1) is 9.02.